The van der Waals surface area contributed by atoms with Crippen molar-refractivity contribution >= 4 is 28.5 Å². The number of carbonyl (C=O) groups excluding carboxylic acids is 2. The minimum atomic E-state index is -5.32. The van der Waals surface area contributed by atoms with Crippen molar-refractivity contribution in [2.45, 2.75) is 31.6 Å². The molecule has 1 amide bonds. The van der Waals surface area contributed by atoms with Crippen molar-refractivity contribution in [2.24, 2.45) is 5.92 Å². The van der Waals surface area contributed by atoms with Crippen LogP contribution in [-0.4, -0.2) is 53.7 Å². The molecule has 3 aromatic rings. The Bertz CT molecular complexity index is 1330. The zero-order valence-corrected chi connectivity index (χ0v) is 19.4. The molecule has 1 atom stereocenters. The average Bonchev–Trinajstić information content (AvgIpc) is 3.28. The molecule has 0 aliphatic carbocycles. The number of nitrogens with zero attached hydrogens (tertiary/aromatic N) is 2. The van der Waals surface area contributed by atoms with Crippen LogP contribution in [0.3, 0.4) is 0 Å². The second-order valence-corrected chi connectivity index (χ2v) is 9.19. The molecule has 1 unspecified atom stereocenters. The Morgan fingerprint density at radius 3 is 2.51 bits per heavy atom. The maximum absolute atomic E-state index is 14.0. The number of alkyl halides is 3. The summed E-state index contributed by atoms with van der Waals surface area (Å²) in [5.41, 5.74) is 1.36. The van der Waals surface area contributed by atoms with Crippen LogP contribution in [0.2, 0.25) is 0 Å². The highest BCUT2D eigenvalue weighted by molar-refractivity contribution is 6.02. The number of nitrogens with one attached hydrogen (secondary N) is 2. The van der Waals surface area contributed by atoms with Crippen LogP contribution >= 0.6 is 0 Å². The molecule has 1 saturated heterocycles. The first kappa shape index (κ1) is 25.0. The first-order valence-corrected chi connectivity index (χ1v) is 11.8. The SMILES string of the molecule is O=C1NC(C2CCN(CCc3c[nH]c4ccccc34)CC2)N(OC(=O)C(F)(F)F)c2cc(F)c(F)cc21. The zero-order chi connectivity index (χ0) is 26.3. The second-order valence-electron chi connectivity index (χ2n) is 9.19. The molecule has 0 bridgehead atoms. The van der Waals surface area contributed by atoms with Crippen LogP contribution in [0, 0.1) is 17.6 Å². The number of hydroxylamine groups is 1. The smallest absolute Gasteiger partial charge is 0.361 e. The number of aromatic nitrogens is 1. The highest BCUT2D eigenvalue weighted by Crippen LogP contribution is 2.35. The number of fused-ring (bicyclic) bond motifs is 2. The Balaban J connectivity index is 1.30. The predicted molar refractivity (Wildman–Crippen MR) is 123 cm³/mol. The lowest BCUT2D eigenvalue weighted by atomic mass is 9.91. The summed E-state index contributed by atoms with van der Waals surface area (Å²) in [6.45, 7) is 1.93. The zero-order valence-electron chi connectivity index (χ0n) is 19.4. The molecular formula is C25H23F5N4O3. The number of likely N-dealkylation sites (tertiary alicyclic amines) is 1. The normalized spacial score (nSPS) is 19.1. The lowest BCUT2D eigenvalue weighted by Gasteiger charge is -2.43. The van der Waals surface area contributed by atoms with Crippen LogP contribution in [0.5, 0.6) is 0 Å². The molecule has 2 N–H and O–H groups in total. The minimum absolute atomic E-state index is 0.407. The molecule has 12 heteroatoms. The van der Waals surface area contributed by atoms with Gasteiger partial charge in [0.2, 0.25) is 0 Å². The quantitative estimate of drug-likeness (QED) is 0.489. The van der Waals surface area contributed by atoms with E-state index in [1.165, 1.54) is 5.56 Å². The number of piperidine rings is 1. The lowest BCUT2D eigenvalue weighted by molar-refractivity contribution is -0.203. The molecule has 2 aliphatic heterocycles. The number of carbonyl (C=O) groups is 2. The summed E-state index contributed by atoms with van der Waals surface area (Å²) in [5.74, 6) is -6.46. The molecule has 0 spiro atoms. The van der Waals surface area contributed by atoms with Crippen LogP contribution in [-0.2, 0) is 16.1 Å². The molecule has 196 valence electrons. The van der Waals surface area contributed by atoms with Crippen molar-refractivity contribution in [3.63, 3.8) is 0 Å². The second kappa shape index (κ2) is 9.66. The van der Waals surface area contributed by atoms with Gasteiger partial charge in [0.15, 0.2) is 11.6 Å². The Hall–Kier alpha value is -3.67. The van der Waals surface area contributed by atoms with Gasteiger partial charge in [0.1, 0.15) is 6.17 Å². The lowest BCUT2D eigenvalue weighted by Crippen LogP contribution is -2.59. The summed E-state index contributed by atoms with van der Waals surface area (Å²) < 4.78 is 66.7. The largest absolute Gasteiger partial charge is 0.493 e. The summed E-state index contributed by atoms with van der Waals surface area (Å²) in [4.78, 5) is 34.4. The van der Waals surface area contributed by atoms with Gasteiger partial charge in [-0.3, -0.25) is 4.79 Å². The van der Waals surface area contributed by atoms with Gasteiger partial charge in [-0.2, -0.15) is 18.2 Å². The summed E-state index contributed by atoms with van der Waals surface area (Å²) in [7, 11) is 0. The standard InChI is InChI=1S/C25H23F5N4O3/c26-18-11-17-21(12-19(18)27)34(37-24(36)25(28,29)30)22(32-23(17)35)14-5-8-33(9-6-14)10-7-15-13-31-20-4-2-1-3-16(15)20/h1-4,11-14,22,31H,5-10H2,(H,32,35). The third-order valence-electron chi connectivity index (χ3n) is 6.92. The number of rotatable bonds is 5. The van der Waals surface area contributed by atoms with Crippen LogP contribution in [0.15, 0.2) is 42.6 Å². The van der Waals surface area contributed by atoms with E-state index in [1.807, 2.05) is 30.5 Å². The number of benzene rings is 2. The third-order valence-corrected chi connectivity index (χ3v) is 6.92. The number of amides is 1. The number of hydrogen-bond donors (Lipinski definition) is 2. The van der Waals surface area contributed by atoms with Gasteiger partial charge in [-0.05, 0) is 50.0 Å². The fourth-order valence-corrected chi connectivity index (χ4v) is 4.99. The number of hydrogen-bond acceptors (Lipinski definition) is 5. The van der Waals surface area contributed by atoms with Crippen molar-refractivity contribution in [1.82, 2.24) is 15.2 Å². The first-order valence-electron chi connectivity index (χ1n) is 11.8. The van der Waals surface area contributed by atoms with Gasteiger partial charge in [-0.1, -0.05) is 18.2 Å². The topological polar surface area (TPSA) is 77.7 Å². The Kier molecular flexibility index (Phi) is 6.52. The number of para-hydroxylation sites is 1. The van der Waals surface area contributed by atoms with E-state index in [9.17, 15) is 31.5 Å². The number of anilines is 1. The molecule has 0 saturated carbocycles. The van der Waals surface area contributed by atoms with E-state index < -0.39 is 53.0 Å². The van der Waals surface area contributed by atoms with Crippen molar-refractivity contribution in [3.8, 4) is 0 Å². The van der Waals surface area contributed by atoms with Crippen LogP contribution in [0.4, 0.5) is 27.6 Å². The summed E-state index contributed by atoms with van der Waals surface area (Å²) >= 11 is 0. The summed E-state index contributed by atoms with van der Waals surface area (Å²) in [5, 5.41) is 4.22. The molecule has 2 aromatic carbocycles. The van der Waals surface area contributed by atoms with Gasteiger partial charge in [-0.25, -0.2) is 13.6 Å². The van der Waals surface area contributed by atoms with Crippen molar-refractivity contribution < 1.29 is 36.4 Å². The van der Waals surface area contributed by atoms with E-state index in [0.717, 1.165) is 23.9 Å². The molecule has 1 aromatic heterocycles. The Labute approximate surface area is 208 Å². The van der Waals surface area contributed by atoms with E-state index >= 15 is 0 Å². The van der Waals surface area contributed by atoms with Crippen molar-refractivity contribution in [3.05, 3.63) is 65.4 Å². The van der Waals surface area contributed by atoms with E-state index in [1.54, 1.807) is 0 Å². The fraction of sp³-hybridized carbons (Fsp3) is 0.360. The van der Waals surface area contributed by atoms with Crippen LogP contribution < -0.4 is 10.4 Å². The number of halogens is 5. The highest BCUT2D eigenvalue weighted by atomic mass is 19.4. The van der Waals surface area contributed by atoms with Gasteiger partial charge in [0.25, 0.3) is 5.91 Å². The molecule has 3 heterocycles. The predicted octanol–water partition coefficient (Wildman–Crippen LogP) is 4.30. The maximum atomic E-state index is 14.0. The van der Waals surface area contributed by atoms with Gasteiger partial charge in [0, 0.05) is 35.6 Å². The third kappa shape index (κ3) is 4.97. The monoisotopic (exact) mass is 522 g/mol. The molecule has 37 heavy (non-hydrogen) atoms. The Morgan fingerprint density at radius 1 is 1.08 bits per heavy atom. The molecular weight excluding hydrogens is 499 g/mol. The van der Waals surface area contributed by atoms with Crippen molar-refractivity contribution in [2.75, 3.05) is 24.7 Å². The van der Waals surface area contributed by atoms with E-state index in [-0.39, 0.29) is 0 Å². The van der Waals surface area contributed by atoms with E-state index in [4.69, 9.17) is 0 Å². The fourth-order valence-electron chi connectivity index (χ4n) is 4.99. The van der Waals surface area contributed by atoms with Crippen molar-refractivity contribution in [1.29, 1.82) is 0 Å². The molecule has 1 fully saturated rings. The van der Waals surface area contributed by atoms with Gasteiger partial charge < -0.3 is 20.0 Å². The summed E-state index contributed by atoms with van der Waals surface area (Å²) in [6.07, 6.45) is -2.79. The van der Waals surface area contributed by atoms with Gasteiger partial charge in [-0.15, -0.1) is 0 Å². The molecule has 2 aliphatic rings. The summed E-state index contributed by atoms with van der Waals surface area (Å²) in [6, 6.07) is 9.10. The molecule has 0 radical (unpaired) electrons. The average molecular weight is 522 g/mol. The Morgan fingerprint density at radius 2 is 1.78 bits per heavy atom. The molecule has 7 nitrogen and oxygen atoms in total. The van der Waals surface area contributed by atoms with Crippen LogP contribution in [0.1, 0.15) is 28.8 Å². The van der Waals surface area contributed by atoms with E-state index in [0.29, 0.717) is 43.1 Å². The van der Waals surface area contributed by atoms with E-state index in [2.05, 4.69) is 20.0 Å². The molecule has 5 rings (SSSR count). The van der Waals surface area contributed by atoms with Gasteiger partial charge >= 0.3 is 12.1 Å². The number of aromatic amines is 1. The minimum Gasteiger partial charge on any atom is -0.361 e. The highest BCUT2D eigenvalue weighted by Gasteiger charge is 2.47. The van der Waals surface area contributed by atoms with Gasteiger partial charge in [0.05, 0.1) is 11.3 Å². The maximum Gasteiger partial charge on any atom is 0.493 e. The first-order chi connectivity index (χ1) is 17.6. The number of H-pyrrole nitrogens is 1. The van der Waals surface area contributed by atoms with Crippen LogP contribution in [0.25, 0.3) is 10.9 Å².